The molecule has 7 aromatic carbocycles. The first kappa shape index (κ1) is 28.4. The van der Waals surface area contributed by atoms with Crippen molar-refractivity contribution in [3.8, 4) is 28.6 Å². The Morgan fingerprint density at radius 3 is 1.64 bits per heavy atom. The van der Waals surface area contributed by atoms with Gasteiger partial charge in [-0.15, -0.1) is 0 Å². The van der Waals surface area contributed by atoms with Crippen molar-refractivity contribution < 1.29 is 4.57 Å². The smallest absolute Gasteiger partial charge is 0.188 e. The highest BCUT2D eigenvalue weighted by atomic mass is 31.2. The first-order valence-electron chi connectivity index (χ1n) is 16.4. The zero-order valence-electron chi connectivity index (χ0n) is 26.6. The van der Waals surface area contributed by atoms with Gasteiger partial charge in [0.1, 0.15) is 0 Å². The molecule has 1 aliphatic heterocycles. The predicted molar refractivity (Wildman–Crippen MR) is 204 cm³/mol. The van der Waals surface area contributed by atoms with Gasteiger partial charge in [0.2, 0.25) is 0 Å². The molecule has 1 atom stereocenters. The van der Waals surface area contributed by atoms with Gasteiger partial charge in [-0.25, -0.2) is 4.85 Å². The predicted octanol–water partition coefficient (Wildman–Crippen LogP) is 9.92. The maximum atomic E-state index is 15.6. The first-order valence-corrected chi connectivity index (χ1v) is 18.1. The Bertz CT molecular complexity index is 2860. The van der Waals surface area contributed by atoms with Gasteiger partial charge in [-0.1, -0.05) is 72.8 Å². The molecule has 5 nitrogen and oxygen atoms in total. The molecule has 0 fully saturated rings. The van der Waals surface area contributed by atoms with Gasteiger partial charge in [-0.3, -0.25) is 0 Å². The highest BCUT2D eigenvalue weighted by Gasteiger charge is 2.40. The summed E-state index contributed by atoms with van der Waals surface area (Å²) in [5.41, 5.74) is 9.15. The highest BCUT2D eigenvalue weighted by molar-refractivity contribution is 7.86. The van der Waals surface area contributed by atoms with Crippen LogP contribution in [0.5, 0.6) is 0 Å². The lowest BCUT2D eigenvalue weighted by atomic mass is 10.0. The van der Waals surface area contributed by atoms with Gasteiger partial charge in [-0.05, 0) is 95.4 Å². The Balaban J connectivity index is 1.26. The molecule has 0 amide bonds. The molecule has 0 spiro atoms. The van der Waals surface area contributed by atoms with Crippen LogP contribution >= 0.6 is 7.14 Å². The number of benzene rings is 7. The van der Waals surface area contributed by atoms with Crippen LogP contribution in [0.25, 0.3) is 71.0 Å². The Morgan fingerprint density at radius 2 is 1.06 bits per heavy atom. The van der Waals surface area contributed by atoms with Gasteiger partial charge in [0, 0.05) is 43.4 Å². The van der Waals surface area contributed by atoms with Crippen molar-refractivity contribution in [3.05, 3.63) is 169 Å². The number of nitrogens with zero attached hydrogens (tertiary/aromatic N) is 4. The van der Waals surface area contributed by atoms with Crippen LogP contribution in [-0.2, 0) is 4.57 Å². The van der Waals surface area contributed by atoms with Crippen molar-refractivity contribution in [2.45, 2.75) is 0 Å². The molecule has 2 aromatic heterocycles. The van der Waals surface area contributed by atoms with E-state index >= 15 is 4.57 Å². The van der Waals surface area contributed by atoms with Crippen LogP contribution < -0.4 is 15.9 Å². The summed E-state index contributed by atoms with van der Waals surface area (Å²) in [4.78, 5) is 3.70. The van der Waals surface area contributed by atoms with E-state index in [2.05, 4.69) is 80.7 Å². The van der Waals surface area contributed by atoms with Crippen molar-refractivity contribution in [1.29, 1.82) is 5.26 Å². The number of nitriles is 1. The summed E-state index contributed by atoms with van der Waals surface area (Å²) in [6.07, 6.45) is 0. The minimum absolute atomic E-state index is 0.605. The van der Waals surface area contributed by atoms with Crippen LogP contribution in [0.3, 0.4) is 0 Å². The molecular weight excluding hydrogens is 631 g/mol. The molecule has 0 saturated carbocycles. The maximum Gasteiger partial charge on any atom is 0.188 e. The summed E-state index contributed by atoms with van der Waals surface area (Å²) in [6.45, 7) is 7.61. The number of para-hydroxylation sites is 2. The van der Waals surface area contributed by atoms with E-state index in [1.54, 1.807) is 0 Å². The van der Waals surface area contributed by atoms with E-state index in [0.717, 1.165) is 82.0 Å². The molecule has 10 rings (SSSR count). The van der Waals surface area contributed by atoms with Gasteiger partial charge in [0.15, 0.2) is 12.8 Å². The SMILES string of the molecule is [C-]#[N+]c1ccc2c(c1)c1ccccc1n2-c1ccc2c(c1)-c1cc(-n3c4ccccc4c4cc(C#N)ccc43)ccc1P2(=O)c1ccccc1. The fourth-order valence-corrected chi connectivity index (χ4v) is 11.0. The van der Waals surface area contributed by atoms with E-state index in [1.807, 2.05) is 91.0 Å². The van der Waals surface area contributed by atoms with Gasteiger partial charge in [0.25, 0.3) is 0 Å². The second-order valence-electron chi connectivity index (χ2n) is 12.7. The number of hydrogen-bond acceptors (Lipinski definition) is 2. The molecule has 0 radical (unpaired) electrons. The van der Waals surface area contributed by atoms with Gasteiger partial charge in [-0.2, -0.15) is 5.26 Å². The fraction of sp³-hybridized carbons (Fsp3) is 0. The number of fused-ring (bicyclic) bond motifs is 9. The van der Waals surface area contributed by atoms with Crippen molar-refractivity contribution in [2.75, 3.05) is 0 Å². The first-order chi connectivity index (χ1) is 24.6. The number of aromatic nitrogens is 2. The van der Waals surface area contributed by atoms with E-state index < -0.39 is 7.14 Å². The largest absolute Gasteiger partial charge is 0.309 e. The third-order valence-electron chi connectivity index (χ3n) is 10.2. The van der Waals surface area contributed by atoms with E-state index in [9.17, 15) is 5.26 Å². The van der Waals surface area contributed by atoms with Crippen LogP contribution in [-0.4, -0.2) is 9.13 Å². The molecule has 0 aliphatic carbocycles. The molecule has 3 heterocycles. The lowest BCUT2D eigenvalue weighted by Gasteiger charge is -2.17. The summed E-state index contributed by atoms with van der Waals surface area (Å²) in [7, 11) is -3.20. The monoisotopic (exact) mass is 656 g/mol. The zero-order chi connectivity index (χ0) is 33.6. The second kappa shape index (κ2) is 10.4. The summed E-state index contributed by atoms with van der Waals surface area (Å²) in [5.74, 6) is 0. The van der Waals surface area contributed by atoms with Crippen LogP contribution in [0.1, 0.15) is 5.56 Å². The third kappa shape index (κ3) is 3.79. The standard InChI is InChI=1S/C44H25N4OP/c1-46-29-16-20-42-36(24-29)34-12-6-8-14-40(34)48(42)31-18-22-44-38(26-31)37-25-30(17-21-43(37)50(44,49)32-9-3-2-4-10-32)47-39-13-7-5-11-33(39)35-23-28(27-45)15-19-41(35)47/h2-26H. The van der Waals surface area contributed by atoms with Crippen LogP contribution in [0.15, 0.2) is 152 Å². The molecule has 0 N–H and O–H groups in total. The summed E-state index contributed by atoms with van der Waals surface area (Å²) < 4.78 is 20.1. The molecule has 9 aromatic rings. The van der Waals surface area contributed by atoms with E-state index in [4.69, 9.17) is 6.57 Å². The Morgan fingerprint density at radius 1 is 0.540 bits per heavy atom. The summed E-state index contributed by atoms with van der Waals surface area (Å²) >= 11 is 0. The average molecular weight is 657 g/mol. The second-order valence-corrected chi connectivity index (χ2v) is 15.4. The normalized spacial score (nSPS) is 14.9. The van der Waals surface area contributed by atoms with Crippen molar-refractivity contribution in [1.82, 2.24) is 9.13 Å². The highest BCUT2D eigenvalue weighted by Crippen LogP contribution is 2.53. The Kier molecular flexibility index (Phi) is 5.91. The van der Waals surface area contributed by atoms with Crippen molar-refractivity contribution in [2.24, 2.45) is 0 Å². The number of rotatable bonds is 3. The molecule has 1 aliphatic rings. The molecule has 0 bridgehead atoms. The van der Waals surface area contributed by atoms with E-state index in [-0.39, 0.29) is 0 Å². The topological polar surface area (TPSA) is 55.1 Å². The number of hydrogen-bond donors (Lipinski definition) is 0. The molecular formula is C44H25N4OP. The van der Waals surface area contributed by atoms with Crippen molar-refractivity contribution >= 4 is 72.4 Å². The van der Waals surface area contributed by atoms with Crippen LogP contribution in [0.4, 0.5) is 5.69 Å². The molecule has 0 saturated heterocycles. The van der Waals surface area contributed by atoms with E-state index in [0.29, 0.717) is 11.3 Å². The van der Waals surface area contributed by atoms with Crippen LogP contribution in [0.2, 0.25) is 0 Å². The minimum Gasteiger partial charge on any atom is -0.309 e. The summed E-state index contributed by atoms with van der Waals surface area (Å²) in [5, 5.41) is 16.3. The van der Waals surface area contributed by atoms with E-state index in [1.165, 1.54) is 0 Å². The Labute approximate surface area is 287 Å². The summed E-state index contributed by atoms with van der Waals surface area (Å²) in [6, 6.07) is 53.0. The lowest BCUT2D eigenvalue weighted by molar-refractivity contribution is 0.593. The molecule has 50 heavy (non-hydrogen) atoms. The van der Waals surface area contributed by atoms with Gasteiger partial charge in [0.05, 0.1) is 40.3 Å². The molecule has 232 valence electrons. The maximum absolute atomic E-state index is 15.6. The van der Waals surface area contributed by atoms with Crippen LogP contribution in [0, 0.1) is 17.9 Å². The minimum atomic E-state index is -3.20. The van der Waals surface area contributed by atoms with Gasteiger partial charge < -0.3 is 13.7 Å². The van der Waals surface area contributed by atoms with Gasteiger partial charge >= 0.3 is 0 Å². The Hall–Kier alpha value is -6.65. The lowest BCUT2D eigenvalue weighted by Crippen LogP contribution is -2.20. The third-order valence-corrected chi connectivity index (χ3v) is 13.3. The average Bonchev–Trinajstić information content (AvgIpc) is 3.78. The van der Waals surface area contributed by atoms with Crippen molar-refractivity contribution in [3.63, 3.8) is 0 Å². The molecule has 1 unspecified atom stereocenters. The zero-order valence-corrected chi connectivity index (χ0v) is 27.5. The quantitative estimate of drug-likeness (QED) is 0.140. The molecule has 6 heteroatoms. The fourth-order valence-electron chi connectivity index (χ4n) is 7.98.